The van der Waals surface area contributed by atoms with Crippen molar-refractivity contribution in [2.24, 2.45) is 5.41 Å². The number of hydrogen-bond donors (Lipinski definition) is 0. The van der Waals surface area contributed by atoms with Gasteiger partial charge < -0.3 is 24.2 Å². The monoisotopic (exact) mass is 347 g/mol. The molecule has 0 aromatic carbocycles. The molecular formula is C17H25N5O3. The van der Waals surface area contributed by atoms with Gasteiger partial charge in [-0.1, -0.05) is 0 Å². The minimum atomic E-state index is -0.0440. The first-order valence-corrected chi connectivity index (χ1v) is 8.97. The highest BCUT2D eigenvalue weighted by atomic mass is 16.5. The molecule has 3 fully saturated rings. The fourth-order valence-electron chi connectivity index (χ4n) is 3.92. The van der Waals surface area contributed by atoms with Gasteiger partial charge in [-0.3, -0.25) is 0 Å². The van der Waals surface area contributed by atoms with Gasteiger partial charge in [0.15, 0.2) is 0 Å². The van der Waals surface area contributed by atoms with E-state index in [1.807, 2.05) is 15.9 Å². The Balaban J connectivity index is 1.45. The van der Waals surface area contributed by atoms with Crippen molar-refractivity contribution in [1.29, 1.82) is 0 Å². The molecule has 0 aliphatic carbocycles. The van der Waals surface area contributed by atoms with Crippen molar-refractivity contribution in [2.75, 3.05) is 70.6 Å². The Morgan fingerprint density at radius 1 is 0.960 bits per heavy atom. The summed E-state index contributed by atoms with van der Waals surface area (Å²) in [5, 5.41) is 0. The fraction of sp³-hybridized carbons (Fsp3) is 0.706. The Morgan fingerprint density at radius 2 is 1.68 bits per heavy atom. The van der Waals surface area contributed by atoms with E-state index < -0.39 is 0 Å². The van der Waals surface area contributed by atoms with Crippen LogP contribution in [0.25, 0.3) is 0 Å². The van der Waals surface area contributed by atoms with Gasteiger partial charge in [-0.25, -0.2) is 14.8 Å². The van der Waals surface area contributed by atoms with Crippen LogP contribution in [0.3, 0.4) is 0 Å². The molecule has 2 amide bonds. The zero-order chi connectivity index (χ0) is 17.1. The lowest BCUT2D eigenvalue weighted by Crippen LogP contribution is -2.51. The van der Waals surface area contributed by atoms with Gasteiger partial charge in [0.05, 0.1) is 26.4 Å². The number of ether oxygens (including phenoxy) is 2. The molecule has 3 aliphatic heterocycles. The molecule has 1 aromatic heterocycles. The van der Waals surface area contributed by atoms with Gasteiger partial charge >= 0.3 is 6.03 Å². The van der Waals surface area contributed by atoms with Crippen LogP contribution in [0.2, 0.25) is 0 Å². The molecule has 4 rings (SSSR count). The Hall–Kier alpha value is -1.93. The standard InChI is InChI=1S/C17H25N5O3/c23-16(20-6-9-24-10-7-20)22-8-11-25-14-17(13-22)2-5-21(12-17)15-18-3-1-4-19-15/h1,3-4H,2,5-14H2. The van der Waals surface area contributed by atoms with E-state index >= 15 is 0 Å². The van der Waals surface area contributed by atoms with E-state index in [2.05, 4.69) is 14.9 Å². The van der Waals surface area contributed by atoms with Crippen LogP contribution in [0, 0.1) is 5.41 Å². The van der Waals surface area contributed by atoms with Crippen molar-refractivity contribution in [1.82, 2.24) is 19.8 Å². The van der Waals surface area contributed by atoms with Crippen molar-refractivity contribution in [2.45, 2.75) is 6.42 Å². The van der Waals surface area contributed by atoms with Gasteiger partial charge in [-0.05, 0) is 12.5 Å². The number of rotatable bonds is 1. The quantitative estimate of drug-likeness (QED) is 0.735. The van der Waals surface area contributed by atoms with Gasteiger partial charge in [-0.2, -0.15) is 0 Å². The third kappa shape index (κ3) is 3.55. The van der Waals surface area contributed by atoms with Crippen LogP contribution in [0.15, 0.2) is 18.5 Å². The number of nitrogens with zero attached hydrogens (tertiary/aromatic N) is 5. The summed E-state index contributed by atoms with van der Waals surface area (Å²) >= 11 is 0. The van der Waals surface area contributed by atoms with Crippen molar-refractivity contribution >= 4 is 12.0 Å². The molecule has 3 saturated heterocycles. The maximum Gasteiger partial charge on any atom is 0.320 e. The average Bonchev–Trinajstić information content (AvgIpc) is 2.97. The van der Waals surface area contributed by atoms with E-state index in [1.165, 1.54) is 0 Å². The lowest BCUT2D eigenvalue weighted by molar-refractivity contribution is 0.0409. The molecule has 1 atom stereocenters. The Labute approximate surface area is 147 Å². The molecule has 25 heavy (non-hydrogen) atoms. The summed E-state index contributed by atoms with van der Waals surface area (Å²) in [5.74, 6) is 0.759. The molecule has 8 nitrogen and oxygen atoms in total. The molecule has 1 aromatic rings. The number of urea groups is 1. The summed E-state index contributed by atoms with van der Waals surface area (Å²) < 4.78 is 11.2. The summed E-state index contributed by atoms with van der Waals surface area (Å²) in [6.45, 7) is 6.98. The first-order chi connectivity index (χ1) is 12.3. The summed E-state index contributed by atoms with van der Waals surface area (Å²) in [6, 6.07) is 1.94. The molecule has 0 saturated carbocycles. The summed E-state index contributed by atoms with van der Waals surface area (Å²) in [4.78, 5) is 27.7. The fourth-order valence-corrected chi connectivity index (χ4v) is 3.92. The van der Waals surface area contributed by atoms with Crippen molar-refractivity contribution in [3.8, 4) is 0 Å². The van der Waals surface area contributed by atoms with Crippen molar-refractivity contribution < 1.29 is 14.3 Å². The zero-order valence-corrected chi connectivity index (χ0v) is 14.5. The van der Waals surface area contributed by atoms with Gasteiger partial charge in [0, 0.05) is 57.1 Å². The smallest absolute Gasteiger partial charge is 0.320 e. The minimum Gasteiger partial charge on any atom is -0.379 e. The molecule has 136 valence electrons. The number of amides is 2. The number of carbonyl (C=O) groups excluding carboxylic acids is 1. The van der Waals surface area contributed by atoms with Crippen LogP contribution >= 0.6 is 0 Å². The highest BCUT2D eigenvalue weighted by Gasteiger charge is 2.43. The molecule has 0 N–H and O–H groups in total. The van der Waals surface area contributed by atoms with Crippen LogP contribution in [0.5, 0.6) is 0 Å². The van der Waals surface area contributed by atoms with E-state index in [4.69, 9.17) is 9.47 Å². The zero-order valence-electron chi connectivity index (χ0n) is 14.5. The molecule has 0 bridgehead atoms. The number of morpholine rings is 1. The molecular weight excluding hydrogens is 322 g/mol. The number of hydrogen-bond acceptors (Lipinski definition) is 6. The first-order valence-electron chi connectivity index (χ1n) is 8.97. The molecule has 3 aliphatic rings. The predicted molar refractivity (Wildman–Crippen MR) is 91.5 cm³/mol. The first kappa shape index (κ1) is 16.5. The van der Waals surface area contributed by atoms with E-state index in [-0.39, 0.29) is 11.4 Å². The second-order valence-electron chi connectivity index (χ2n) is 7.08. The third-order valence-electron chi connectivity index (χ3n) is 5.27. The molecule has 0 radical (unpaired) electrons. The highest BCUT2D eigenvalue weighted by Crippen LogP contribution is 2.35. The number of aromatic nitrogens is 2. The lowest BCUT2D eigenvalue weighted by atomic mass is 9.87. The predicted octanol–water partition coefficient (Wildman–Crippen LogP) is 0.458. The Morgan fingerprint density at radius 3 is 2.48 bits per heavy atom. The van der Waals surface area contributed by atoms with Crippen LogP contribution in [-0.4, -0.2) is 91.5 Å². The van der Waals surface area contributed by atoms with E-state index in [0.717, 1.165) is 32.0 Å². The number of carbonyl (C=O) groups is 1. The third-order valence-corrected chi connectivity index (χ3v) is 5.27. The lowest BCUT2D eigenvalue weighted by Gasteiger charge is -2.36. The van der Waals surface area contributed by atoms with E-state index in [0.29, 0.717) is 46.1 Å². The molecule has 1 spiro atoms. The van der Waals surface area contributed by atoms with Gasteiger partial charge in [0.25, 0.3) is 0 Å². The second kappa shape index (κ2) is 7.13. The average molecular weight is 347 g/mol. The minimum absolute atomic E-state index is 0.0440. The van der Waals surface area contributed by atoms with Crippen LogP contribution in [0.4, 0.5) is 10.7 Å². The maximum atomic E-state index is 12.9. The van der Waals surface area contributed by atoms with Crippen molar-refractivity contribution in [3.63, 3.8) is 0 Å². The normalized spacial score (nSPS) is 27.6. The number of anilines is 1. The molecule has 4 heterocycles. The molecule has 8 heteroatoms. The Kier molecular flexibility index (Phi) is 4.72. The Bertz CT molecular complexity index is 595. The van der Waals surface area contributed by atoms with E-state index in [1.54, 1.807) is 12.4 Å². The summed E-state index contributed by atoms with van der Waals surface area (Å²) in [5.41, 5.74) is -0.0440. The highest BCUT2D eigenvalue weighted by molar-refractivity contribution is 5.74. The van der Waals surface area contributed by atoms with Crippen molar-refractivity contribution in [3.05, 3.63) is 18.5 Å². The van der Waals surface area contributed by atoms with Gasteiger partial charge in [0.2, 0.25) is 5.95 Å². The van der Waals surface area contributed by atoms with Crippen LogP contribution in [0.1, 0.15) is 6.42 Å². The maximum absolute atomic E-state index is 12.9. The van der Waals surface area contributed by atoms with Gasteiger partial charge in [0.1, 0.15) is 0 Å². The largest absolute Gasteiger partial charge is 0.379 e. The SMILES string of the molecule is O=C(N1CCOCC1)N1CCOCC2(CCN(c3ncccn3)C2)C1. The van der Waals surface area contributed by atoms with Crippen LogP contribution < -0.4 is 4.90 Å². The van der Waals surface area contributed by atoms with E-state index in [9.17, 15) is 4.79 Å². The summed E-state index contributed by atoms with van der Waals surface area (Å²) in [6.07, 6.45) is 4.52. The second-order valence-corrected chi connectivity index (χ2v) is 7.08. The summed E-state index contributed by atoms with van der Waals surface area (Å²) in [7, 11) is 0. The van der Waals surface area contributed by atoms with Gasteiger partial charge in [-0.15, -0.1) is 0 Å². The van der Waals surface area contributed by atoms with Crippen LogP contribution in [-0.2, 0) is 9.47 Å². The topological polar surface area (TPSA) is 71.0 Å². The molecule has 1 unspecified atom stereocenters.